The summed E-state index contributed by atoms with van der Waals surface area (Å²) in [7, 11) is 0. The fourth-order valence-electron chi connectivity index (χ4n) is 1.38. The van der Waals surface area contributed by atoms with Crippen LogP contribution in [-0.4, -0.2) is 10.1 Å². The summed E-state index contributed by atoms with van der Waals surface area (Å²) in [4.78, 5) is 4.37. The summed E-state index contributed by atoms with van der Waals surface area (Å²) in [6.07, 6.45) is 2.98. The first-order valence-corrected chi connectivity index (χ1v) is 5.64. The molecule has 2 unspecified atom stereocenters. The normalized spacial score (nSPS) is 17.4. The van der Waals surface area contributed by atoms with Gasteiger partial charge in [0.05, 0.1) is 5.54 Å². The van der Waals surface area contributed by atoms with Crippen molar-refractivity contribution in [2.45, 2.75) is 58.4 Å². The minimum absolute atomic E-state index is 0.323. The van der Waals surface area contributed by atoms with Gasteiger partial charge in [0.25, 0.3) is 0 Å². The summed E-state index contributed by atoms with van der Waals surface area (Å²) in [6, 6.07) is 0. The van der Waals surface area contributed by atoms with Crippen LogP contribution in [0, 0.1) is 0 Å². The molecule has 0 amide bonds. The van der Waals surface area contributed by atoms with Gasteiger partial charge >= 0.3 is 0 Å². The molecule has 1 aromatic heterocycles. The summed E-state index contributed by atoms with van der Waals surface area (Å²) < 4.78 is 5.23. The van der Waals surface area contributed by atoms with Crippen LogP contribution in [0.15, 0.2) is 4.52 Å². The molecule has 2 atom stereocenters. The molecule has 4 heteroatoms. The largest absolute Gasteiger partial charge is 0.339 e. The Hall–Kier alpha value is -0.900. The first-order valence-electron chi connectivity index (χ1n) is 5.64. The molecule has 4 nitrogen and oxygen atoms in total. The van der Waals surface area contributed by atoms with Crippen LogP contribution in [0.5, 0.6) is 0 Å². The van der Waals surface area contributed by atoms with Gasteiger partial charge in [-0.25, -0.2) is 0 Å². The molecule has 0 spiro atoms. The van der Waals surface area contributed by atoms with Gasteiger partial charge in [-0.1, -0.05) is 32.3 Å². The molecule has 0 aliphatic heterocycles. The summed E-state index contributed by atoms with van der Waals surface area (Å²) >= 11 is 0. The summed E-state index contributed by atoms with van der Waals surface area (Å²) in [5.74, 6) is 1.64. The topological polar surface area (TPSA) is 64.9 Å². The van der Waals surface area contributed by atoms with E-state index in [-0.39, 0.29) is 0 Å². The highest BCUT2D eigenvalue weighted by atomic mass is 16.5. The maximum Gasteiger partial charge on any atom is 0.229 e. The zero-order valence-corrected chi connectivity index (χ0v) is 10.1. The predicted molar refractivity (Wildman–Crippen MR) is 59.5 cm³/mol. The molecule has 1 rings (SSSR count). The van der Waals surface area contributed by atoms with Gasteiger partial charge in [0.2, 0.25) is 5.89 Å². The highest BCUT2D eigenvalue weighted by Gasteiger charge is 2.26. The van der Waals surface area contributed by atoms with Crippen LogP contribution in [0.1, 0.15) is 64.6 Å². The van der Waals surface area contributed by atoms with Gasteiger partial charge in [-0.3, -0.25) is 0 Å². The molecule has 1 heterocycles. The lowest BCUT2D eigenvalue weighted by Crippen LogP contribution is -2.33. The lowest BCUT2D eigenvalue weighted by molar-refractivity contribution is 0.335. The monoisotopic (exact) mass is 211 g/mol. The van der Waals surface area contributed by atoms with Gasteiger partial charge in [-0.15, -0.1) is 0 Å². The van der Waals surface area contributed by atoms with E-state index in [1.165, 1.54) is 0 Å². The Morgan fingerprint density at radius 2 is 2.13 bits per heavy atom. The molecule has 1 aromatic rings. The summed E-state index contributed by atoms with van der Waals surface area (Å²) in [5, 5.41) is 3.95. The second-order valence-corrected chi connectivity index (χ2v) is 4.42. The second-order valence-electron chi connectivity index (χ2n) is 4.42. The van der Waals surface area contributed by atoms with Crippen molar-refractivity contribution < 1.29 is 4.52 Å². The molecule has 0 bridgehead atoms. The zero-order valence-electron chi connectivity index (χ0n) is 10.1. The van der Waals surface area contributed by atoms with E-state index in [9.17, 15) is 0 Å². The predicted octanol–water partition coefficient (Wildman–Crippen LogP) is 2.56. The average molecular weight is 211 g/mol. The van der Waals surface area contributed by atoms with Crippen LogP contribution >= 0.6 is 0 Å². The number of hydrogen-bond acceptors (Lipinski definition) is 4. The van der Waals surface area contributed by atoms with E-state index in [2.05, 4.69) is 24.0 Å². The van der Waals surface area contributed by atoms with Crippen molar-refractivity contribution in [3.8, 4) is 0 Å². The number of nitrogens with zero attached hydrogens (tertiary/aromatic N) is 2. The Labute approximate surface area is 91.2 Å². The SMILES string of the molecule is CCCC(C)c1nc(C(C)(N)CC)no1. The number of hydrogen-bond donors (Lipinski definition) is 1. The van der Waals surface area contributed by atoms with Gasteiger partial charge in [0.15, 0.2) is 5.82 Å². The van der Waals surface area contributed by atoms with Crippen molar-refractivity contribution in [1.29, 1.82) is 0 Å². The Bertz CT molecular complexity index is 307. The molecular weight excluding hydrogens is 190 g/mol. The van der Waals surface area contributed by atoms with Crippen molar-refractivity contribution in [2.24, 2.45) is 5.73 Å². The van der Waals surface area contributed by atoms with E-state index in [0.29, 0.717) is 17.6 Å². The molecule has 2 N–H and O–H groups in total. The van der Waals surface area contributed by atoms with Crippen molar-refractivity contribution in [3.05, 3.63) is 11.7 Å². The highest BCUT2D eigenvalue weighted by Crippen LogP contribution is 2.23. The van der Waals surface area contributed by atoms with Crippen molar-refractivity contribution >= 4 is 0 Å². The maximum absolute atomic E-state index is 6.04. The van der Waals surface area contributed by atoms with E-state index >= 15 is 0 Å². The molecule has 0 radical (unpaired) electrons. The maximum atomic E-state index is 6.04. The molecule has 0 aromatic carbocycles. The van der Waals surface area contributed by atoms with Gasteiger partial charge in [-0.2, -0.15) is 4.98 Å². The Morgan fingerprint density at radius 1 is 1.47 bits per heavy atom. The van der Waals surface area contributed by atoms with Gasteiger partial charge in [-0.05, 0) is 19.8 Å². The Balaban J connectivity index is 2.80. The zero-order chi connectivity index (χ0) is 11.5. The number of aromatic nitrogens is 2. The third-order valence-electron chi connectivity index (χ3n) is 2.83. The molecule has 0 aliphatic carbocycles. The summed E-state index contributed by atoms with van der Waals surface area (Å²) in [6.45, 7) is 8.19. The quantitative estimate of drug-likeness (QED) is 0.812. The van der Waals surface area contributed by atoms with Crippen molar-refractivity contribution in [3.63, 3.8) is 0 Å². The minimum Gasteiger partial charge on any atom is -0.339 e. The van der Waals surface area contributed by atoms with Gasteiger partial charge < -0.3 is 10.3 Å². The highest BCUT2D eigenvalue weighted by molar-refractivity contribution is 5.02. The molecule has 0 saturated carbocycles. The Kier molecular flexibility index (Phi) is 3.85. The van der Waals surface area contributed by atoms with E-state index in [1.54, 1.807) is 0 Å². The molecule has 15 heavy (non-hydrogen) atoms. The minimum atomic E-state index is -0.478. The van der Waals surface area contributed by atoms with Crippen molar-refractivity contribution in [1.82, 2.24) is 10.1 Å². The molecule has 86 valence electrons. The smallest absolute Gasteiger partial charge is 0.229 e. The first kappa shape index (κ1) is 12.2. The van der Waals surface area contributed by atoms with Crippen LogP contribution in [-0.2, 0) is 5.54 Å². The van der Waals surface area contributed by atoms with Gasteiger partial charge in [0, 0.05) is 5.92 Å². The third kappa shape index (κ3) is 2.78. The van der Waals surface area contributed by atoms with Gasteiger partial charge in [0.1, 0.15) is 0 Å². The van der Waals surface area contributed by atoms with Crippen LogP contribution in [0.25, 0.3) is 0 Å². The van der Waals surface area contributed by atoms with E-state index in [4.69, 9.17) is 10.3 Å². The van der Waals surface area contributed by atoms with E-state index in [1.807, 2.05) is 13.8 Å². The number of nitrogens with two attached hydrogens (primary N) is 1. The van der Waals surface area contributed by atoms with Crippen molar-refractivity contribution in [2.75, 3.05) is 0 Å². The standard InChI is InChI=1S/C11H21N3O/c1-5-7-8(3)9-13-10(14-15-9)11(4,12)6-2/h8H,5-7,12H2,1-4H3. The second kappa shape index (κ2) is 4.75. The molecule has 0 aliphatic rings. The third-order valence-corrected chi connectivity index (χ3v) is 2.83. The lowest BCUT2D eigenvalue weighted by atomic mass is 10.00. The lowest BCUT2D eigenvalue weighted by Gasteiger charge is -2.16. The number of rotatable bonds is 5. The molecule has 0 fully saturated rings. The fraction of sp³-hybridized carbons (Fsp3) is 0.818. The summed E-state index contributed by atoms with van der Waals surface area (Å²) in [5.41, 5.74) is 5.56. The van der Waals surface area contributed by atoms with E-state index < -0.39 is 5.54 Å². The first-order chi connectivity index (χ1) is 7.01. The Morgan fingerprint density at radius 3 is 2.67 bits per heavy atom. The van der Waals surface area contributed by atoms with Crippen LogP contribution < -0.4 is 5.73 Å². The molecule has 0 saturated heterocycles. The molecular formula is C11H21N3O. The average Bonchev–Trinajstić information content (AvgIpc) is 2.67. The van der Waals surface area contributed by atoms with E-state index in [0.717, 1.165) is 19.3 Å². The van der Waals surface area contributed by atoms with Crippen LogP contribution in [0.2, 0.25) is 0 Å². The van der Waals surface area contributed by atoms with Crippen LogP contribution in [0.4, 0.5) is 0 Å². The van der Waals surface area contributed by atoms with Crippen LogP contribution in [0.3, 0.4) is 0 Å². The fourth-order valence-corrected chi connectivity index (χ4v) is 1.38.